The molecule has 2 rings (SSSR count). The second-order valence-corrected chi connectivity index (χ2v) is 9.10. The van der Waals surface area contributed by atoms with E-state index in [1.807, 2.05) is 0 Å². The minimum atomic E-state index is -1.51. The Balaban J connectivity index is 2.21. The molecule has 1 aromatic rings. The molecule has 1 nitrogen and oxygen atoms in total. The van der Waals surface area contributed by atoms with E-state index >= 15 is 0 Å². The van der Waals surface area contributed by atoms with E-state index in [0.29, 0.717) is 5.54 Å². The van der Waals surface area contributed by atoms with Gasteiger partial charge in [0.05, 0.1) is 0 Å². The standard InChI is InChI=1S/C14H22OSi/c1-3-14(13-9-5-4-6-10-13)16(2)12-8-7-11-15-16/h4-6,9-10,14H,3,7-8,11-12H2,1-2H3. The summed E-state index contributed by atoms with van der Waals surface area (Å²) >= 11 is 0. The highest BCUT2D eigenvalue weighted by molar-refractivity contribution is 6.74. The fourth-order valence-electron chi connectivity index (χ4n) is 2.94. The van der Waals surface area contributed by atoms with Crippen LogP contribution in [0.5, 0.6) is 0 Å². The van der Waals surface area contributed by atoms with Crippen molar-refractivity contribution in [3.8, 4) is 0 Å². The van der Waals surface area contributed by atoms with Gasteiger partial charge in [-0.2, -0.15) is 0 Å². The molecule has 0 saturated carbocycles. The van der Waals surface area contributed by atoms with Crippen LogP contribution in [0.15, 0.2) is 30.3 Å². The highest BCUT2D eigenvalue weighted by Crippen LogP contribution is 2.37. The maximum absolute atomic E-state index is 6.21. The minimum absolute atomic E-state index is 0.675. The summed E-state index contributed by atoms with van der Waals surface area (Å²) in [6, 6.07) is 12.3. The molecule has 88 valence electrons. The fraction of sp³-hybridized carbons (Fsp3) is 0.571. The van der Waals surface area contributed by atoms with Crippen LogP contribution in [0.2, 0.25) is 12.6 Å². The first-order chi connectivity index (χ1) is 7.76. The van der Waals surface area contributed by atoms with Gasteiger partial charge >= 0.3 is 0 Å². The monoisotopic (exact) mass is 234 g/mol. The van der Waals surface area contributed by atoms with Crippen molar-refractivity contribution in [2.24, 2.45) is 0 Å². The van der Waals surface area contributed by atoms with Crippen molar-refractivity contribution < 1.29 is 4.43 Å². The van der Waals surface area contributed by atoms with Crippen LogP contribution in [0.25, 0.3) is 0 Å². The number of hydrogen-bond acceptors (Lipinski definition) is 1. The topological polar surface area (TPSA) is 9.23 Å². The Bertz CT molecular complexity index is 317. The van der Waals surface area contributed by atoms with E-state index in [1.165, 1.54) is 30.9 Å². The summed E-state index contributed by atoms with van der Waals surface area (Å²) in [4.78, 5) is 0. The highest BCUT2D eigenvalue weighted by Gasteiger charge is 2.39. The van der Waals surface area contributed by atoms with Crippen LogP contribution < -0.4 is 0 Å². The van der Waals surface area contributed by atoms with Crippen molar-refractivity contribution in [2.75, 3.05) is 6.61 Å². The summed E-state index contributed by atoms with van der Waals surface area (Å²) in [6.07, 6.45) is 3.84. The Morgan fingerprint density at radius 2 is 2.00 bits per heavy atom. The van der Waals surface area contributed by atoms with E-state index in [9.17, 15) is 0 Å². The molecule has 1 aromatic carbocycles. The second kappa shape index (κ2) is 5.15. The molecule has 2 unspecified atom stereocenters. The van der Waals surface area contributed by atoms with Crippen LogP contribution in [-0.4, -0.2) is 14.9 Å². The van der Waals surface area contributed by atoms with E-state index in [2.05, 4.69) is 43.8 Å². The molecule has 2 atom stereocenters. The molecule has 0 aliphatic carbocycles. The molecule has 2 heteroatoms. The number of hydrogen-bond donors (Lipinski definition) is 0. The van der Waals surface area contributed by atoms with Crippen molar-refractivity contribution in [1.82, 2.24) is 0 Å². The molecule has 1 saturated heterocycles. The zero-order valence-electron chi connectivity index (χ0n) is 10.4. The molecule has 16 heavy (non-hydrogen) atoms. The zero-order chi connectivity index (χ0) is 11.4. The molecule has 0 spiro atoms. The van der Waals surface area contributed by atoms with Crippen molar-refractivity contribution in [3.05, 3.63) is 35.9 Å². The van der Waals surface area contributed by atoms with Gasteiger partial charge < -0.3 is 4.43 Å². The maximum Gasteiger partial charge on any atom is 0.197 e. The van der Waals surface area contributed by atoms with E-state index in [1.54, 1.807) is 0 Å². The van der Waals surface area contributed by atoms with Crippen molar-refractivity contribution in [3.63, 3.8) is 0 Å². The smallest absolute Gasteiger partial charge is 0.197 e. The van der Waals surface area contributed by atoms with Gasteiger partial charge in [0.15, 0.2) is 8.32 Å². The van der Waals surface area contributed by atoms with Gasteiger partial charge in [-0.3, -0.25) is 0 Å². The minimum Gasteiger partial charge on any atom is -0.416 e. The van der Waals surface area contributed by atoms with Gasteiger partial charge in [-0.25, -0.2) is 0 Å². The molecule has 0 aromatic heterocycles. The summed E-state index contributed by atoms with van der Waals surface area (Å²) in [6.45, 7) is 5.72. The Morgan fingerprint density at radius 1 is 1.25 bits per heavy atom. The lowest BCUT2D eigenvalue weighted by Gasteiger charge is -2.38. The lowest BCUT2D eigenvalue weighted by atomic mass is 10.1. The van der Waals surface area contributed by atoms with Crippen molar-refractivity contribution >= 4 is 8.32 Å². The largest absolute Gasteiger partial charge is 0.416 e. The summed E-state index contributed by atoms with van der Waals surface area (Å²) in [5.74, 6) is 0. The van der Waals surface area contributed by atoms with Crippen LogP contribution in [-0.2, 0) is 4.43 Å². The SMILES string of the molecule is CCC(c1ccccc1)[Si]1(C)CCCCO1. The predicted octanol–water partition coefficient (Wildman–Crippen LogP) is 4.11. The molecule has 0 radical (unpaired) electrons. The second-order valence-electron chi connectivity index (χ2n) is 4.99. The quantitative estimate of drug-likeness (QED) is 0.715. The Hall–Kier alpha value is -0.603. The lowest BCUT2D eigenvalue weighted by Crippen LogP contribution is -2.44. The molecule has 1 heterocycles. The average Bonchev–Trinajstić information content (AvgIpc) is 2.32. The Kier molecular flexibility index (Phi) is 3.82. The van der Waals surface area contributed by atoms with Gasteiger partial charge in [0.25, 0.3) is 0 Å². The Morgan fingerprint density at radius 3 is 2.56 bits per heavy atom. The van der Waals surface area contributed by atoms with Gasteiger partial charge in [-0.1, -0.05) is 43.7 Å². The van der Waals surface area contributed by atoms with Gasteiger partial charge in [-0.15, -0.1) is 0 Å². The Labute approximate surface area is 100.0 Å². The van der Waals surface area contributed by atoms with E-state index < -0.39 is 8.32 Å². The molecule has 0 amide bonds. The van der Waals surface area contributed by atoms with Gasteiger partial charge in [0.1, 0.15) is 0 Å². The van der Waals surface area contributed by atoms with Crippen molar-refractivity contribution in [2.45, 2.75) is 44.3 Å². The first-order valence-electron chi connectivity index (χ1n) is 6.45. The third-order valence-corrected chi connectivity index (χ3v) is 8.27. The number of rotatable bonds is 3. The van der Waals surface area contributed by atoms with Crippen LogP contribution >= 0.6 is 0 Å². The van der Waals surface area contributed by atoms with Crippen LogP contribution in [0.1, 0.15) is 37.3 Å². The van der Waals surface area contributed by atoms with Crippen LogP contribution in [0.4, 0.5) is 0 Å². The van der Waals surface area contributed by atoms with E-state index in [4.69, 9.17) is 4.43 Å². The molecular formula is C14H22OSi. The normalized spacial score (nSPS) is 27.6. The fourth-order valence-corrected chi connectivity index (χ4v) is 6.95. The maximum atomic E-state index is 6.21. The van der Waals surface area contributed by atoms with Gasteiger partial charge in [0, 0.05) is 12.1 Å². The summed E-state index contributed by atoms with van der Waals surface area (Å²) in [5.41, 5.74) is 2.16. The molecular weight excluding hydrogens is 212 g/mol. The molecule has 0 N–H and O–H groups in total. The van der Waals surface area contributed by atoms with Gasteiger partial charge in [-0.05, 0) is 31.0 Å². The first kappa shape index (κ1) is 11.9. The van der Waals surface area contributed by atoms with Crippen molar-refractivity contribution in [1.29, 1.82) is 0 Å². The van der Waals surface area contributed by atoms with Crippen LogP contribution in [0, 0.1) is 0 Å². The molecule has 1 fully saturated rings. The zero-order valence-corrected chi connectivity index (χ0v) is 11.4. The number of benzene rings is 1. The summed E-state index contributed by atoms with van der Waals surface area (Å²) < 4.78 is 6.21. The predicted molar refractivity (Wildman–Crippen MR) is 71.1 cm³/mol. The van der Waals surface area contributed by atoms with Gasteiger partial charge in [0.2, 0.25) is 0 Å². The highest BCUT2D eigenvalue weighted by atomic mass is 28.4. The molecule has 1 aliphatic heterocycles. The third kappa shape index (κ3) is 2.38. The average molecular weight is 234 g/mol. The van der Waals surface area contributed by atoms with E-state index in [0.717, 1.165) is 6.61 Å². The lowest BCUT2D eigenvalue weighted by molar-refractivity contribution is 0.262. The van der Waals surface area contributed by atoms with E-state index in [-0.39, 0.29) is 0 Å². The third-order valence-electron chi connectivity index (χ3n) is 3.85. The molecule has 1 aliphatic rings. The first-order valence-corrected chi connectivity index (χ1v) is 9.14. The summed E-state index contributed by atoms with van der Waals surface area (Å²) in [7, 11) is -1.51. The van der Waals surface area contributed by atoms with Crippen LogP contribution in [0.3, 0.4) is 0 Å². The summed E-state index contributed by atoms with van der Waals surface area (Å²) in [5, 5.41) is 0. The molecule has 0 bridgehead atoms.